The summed E-state index contributed by atoms with van der Waals surface area (Å²) in [6.07, 6.45) is 0.737. The lowest BCUT2D eigenvalue weighted by Crippen LogP contribution is -2.14. The van der Waals surface area contributed by atoms with E-state index in [0.29, 0.717) is 5.02 Å². The van der Waals surface area contributed by atoms with Gasteiger partial charge in [-0.25, -0.2) is 4.39 Å². The fourth-order valence-electron chi connectivity index (χ4n) is 2.12. The summed E-state index contributed by atoms with van der Waals surface area (Å²) in [5.41, 5.74) is 6.69. The summed E-state index contributed by atoms with van der Waals surface area (Å²) < 4.78 is 13.9. The quantitative estimate of drug-likeness (QED) is 0.872. The van der Waals surface area contributed by atoms with Gasteiger partial charge in [-0.3, -0.25) is 4.79 Å². The molecule has 0 fully saturated rings. The number of nitrogens with one attached hydrogen (secondary N) is 1. The van der Waals surface area contributed by atoms with E-state index in [1.165, 1.54) is 18.2 Å². The van der Waals surface area contributed by atoms with Crippen molar-refractivity contribution in [3.05, 3.63) is 64.4 Å². The molecule has 2 rings (SSSR count). The standard InChI is InChI=1S/C16H16ClFN2O/c1-2-14(10-4-3-5-12(17)8-10)20-15-9-11(16(19)21)6-7-13(15)18/h3-9,14,20H,2H2,1H3,(H2,19,21). The second-order valence-corrected chi connectivity index (χ2v) is 5.16. The first-order chi connectivity index (χ1) is 10.0. The van der Waals surface area contributed by atoms with Crippen molar-refractivity contribution in [2.45, 2.75) is 19.4 Å². The largest absolute Gasteiger partial charge is 0.376 e. The van der Waals surface area contributed by atoms with Crippen molar-refractivity contribution in [1.82, 2.24) is 0 Å². The van der Waals surface area contributed by atoms with Crippen molar-refractivity contribution in [3.63, 3.8) is 0 Å². The van der Waals surface area contributed by atoms with Crippen molar-refractivity contribution in [2.75, 3.05) is 5.32 Å². The van der Waals surface area contributed by atoms with Crippen LogP contribution in [0.25, 0.3) is 0 Å². The van der Waals surface area contributed by atoms with Crippen molar-refractivity contribution in [2.24, 2.45) is 5.73 Å². The van der Waals surface area contributed by atoms with Crippen LogP contribution in [0.3, 0.4) is 0 Å². The topological polar surface area (TPSA) is 55.1 Å². The van der Waals surface area contributed by atoms with Crippen LogP contribution < -0.4 is 11.1 Å². The maximum atomic E-state index is 13.9. The Bertz CT molecular complexity index is 660. The zero-order valence-corrected chi connectivity index (χ0v) is 12.3. The van der Waals surface area contributed by atoms with Crippen LogP contribution in [0.1, 0.15) is 35.3 Å². The van der Waals surface area contributed by atoms with E-state index in [-0.39, 0.29) is 17.3 Å². The van der Waals surface area contributed by atoms with Gasteiger partial charge in [0, 0.05) is 10.6 Å². The molecule has 0 heterocycles. The smallest absolute Gasteiger partial charge is 0.248 e. The van der Waals surface area contributed by atoms with Crippen molar-refractivity contribution < 1.29 is 9.18 Å². The lowest BCUT2D eigenvalue weighted by Gasteiger charge is -2.20. The molecule has 1 unspecified atom stereocenters. The van der Waals surface area contributed by atoms with Crippen LogP contribution in [0.5, 0.6) is 0 Å². The Morgan fingerprint density at radius 1 is 1.33 bits per heavy atom. The molecule has 3 N–H and O–H groups in total. The molecule has 110 valence electrons. The van der Waals surface area contributed by atoms with Gasteiger partial charge in [0.05, 0.1) is 11.7 Å². The van der Waals surface area contributed by atoms with Gasteiger partial charge in [-0.15, -0.1) is 0 Å². The van der Waals surface area contributed by atoms with Crippen LogP contribution in [0.4, 0.5) is 10.1 Å². The summed E-state index contributed by atoms with van der Waals surface area (Å²) >= 11 is 5.98. The third-order valence-electron chi connectivity index (χ3n) is 3.24. The van der Waals surface area contributed by atoms with Crippen LogP contribution in [-0.2, 0) is 0 Å². The molecule has 0 aliphatic carbocycles. The van der Waals surface area contributed by atoms with E-state index < -0.39 is 11.7 Å². The van der Waals surface area contributed by atoms with Crippen LogP contribution >= 0.6 is 11.6 Å². The Balaban J connectivity index is 2.30. The number of hydrogen-bond donors (Lipinski definition) is 2. The molecule has 21 heavy (non-hydrogen) atoms. The minimum absolute atomic E-state index is 0.110. The molecule has 0 aliphatic rings. The zero-order chi connectivity index (χ0) is 15.4. The molecule has 0 aromatic heterocycles. The average Bonchev–Trinajstić information content (AvgIpc) is 2.46. The summed E-state index contributed by atoms with van der Waals surface area (Å²) in [5.74, 6) is -1.02. The Labute approximate surface area is 127 Å². The van der Waals surface area contributed by atoms with E-state index in [2.05, 4.69) is 5.32 Å². The van der Waals surface area contributed by atoms with Gasteiger partial charge >= 0.3 is 0 Å². The zero-order valence-electron chi connectivity index (χ0n) is 11.6. The molecule has 0 saturated carbocycles. The van der Waals surface area contributed by atoms with Gasteiger partial charge in [-0.1, -0.05) is 30.7 Å². The molecule has 1 amide bonds. The van der Waals surface area contributed by atoms with Gasteiger partial charge in [0.2, 0.25) is 5.91 Å². The minimum atomic E-state index is -0.589. The Kier molecular flexibility index (Phi) is 4.81. The number of carbonyl (C=O) groups is 1. The number of primary amides is 1. The molecule has 0 spiro atoms. The second-order valence-electron chi connectivity index (χ2n) is 4.72. The predicted octanol–water partition coefficient (Wildman–Crippen LogP) is 4.14. The Morgan fingerprint density at radius 3 is 2.71 bits per heavy atom. The number of benzene rings is 2. The lowest BCUT2D eigenvalue weighted by molar-refractivity contribution is 0.100. The molecule has 5 heteroatoms. The van der Waals surface area contributed by atoms with Crippen LogP contribution in [0.15, 0.2) is 42.5 Å². The van der Waals surface area contributed by atoms with Gasteiger partial charge in [0.25, 0.3) is 0 Å². The van der Waals surface area contributed by atoms with Gasteiger partial charge in [-0.05, 0) is 42.3 Å². The molecular weight excluding hydrogens is 291 g/mol. The molecular formula is C16H16ClFN2O. The highest BCUT2D eigenvalue weighted by molar-refractivity contribution is 6.30. The number of anilines is 1. The summed E-state index contributed by atoms with van der Waals surface area (Å²) in [7, 11) is 0. The van der Waals surface area contributed by atoms with E-state index in [1.54, 1.807) is 6.07 Å². The summed E-state index contributed by atoms with van der Waals surface area (Å²) in [6, 6.07) is 11.3. The maximum absolute atomic E-state index is 13.9. The first-order valence-corrected chi connectivity index (χ1v) is 7.00. The highest BCUT2D eigenvalue weighted by Gasteiger charge is 2.13. The summed E-state index contributed by atoms with van der Waals surface area (Å²) in [6.45, 7) is 1.98. The molecule has 2 aromatic rings. The Morgan fingerprint density at radius 2 is 2.10 bits per heavy atom. The van der Waals surface area contributed by atoms with E-state index >= 15 is 0 Å². The molecule has 2 aromatic carbocycles. The summed E-state index contributed by atoms with van der Waals surface area (Å²) in [5, 5.41) is 3.72. The number of nitrogens with two attached hydrogens (primary N) is 1. The van der Waals surface area contributed by atoms with E-state index in [1.807, 2.05) is 25.1 Å². The SMILES string of the molecule is CCC(Nc1cc(C(N)=O)ccc1F)c1cccc(Cl)c1. The maximum Gasteiger partial charge on any atom is 0.248 e. The average molecular weight is 307 g/mol. The van der Waals surface area contributed by atoms with Crippen LogP contribution in [0.2, 0.25) is 5.02 Å². The van der Waals surface area contributed by atoms with Crippen LogP contribution in [0, 0.1) is 5.82 Å². The monoisotopic (exact) mass is 306 g/mol. The number of amides is 1. The van der Waals surface area contributed by atoms with Gasteiger partial charge in [0.1, 0.15) is 5.82 Å². The first-order valence-electron chi connectivity index (χ1n) is 6.62. The predicted molar refractivity (Wildman–Crippen MR) is 83.0 cm³/mol. The number of rotatable bonds is 5. The first kappa shape index (κ1) is 15.3. The molecule has 0 radical (unpaired) electrons. The van der Waals surface area contributed by atoms with Gasteiger partial charge in [-0.2, -0.15) is 0 Å². The number of halogens is 2. The van der Waals surface area contributed by atoms with Crippen molar-refractivity contribution in [1.29, 1.82) is 0 Å². The van der Waals surface area contributed by atoms with Crippen molar-refractivity contribution in [3.8, 4) is 0 Å². The minimum Gasteiger partial charge on any atom is -0.376 e. The van der Waals surface area contributed by atoms with Gasteiger partial charge in [0.15, 0.2) is 0 Å². The fraction of sp³-hybridized carbons (Fsp3) is 0.188. The number of carbonyl (C=O) groups excluding carboxylic acids is 1. The van der Waals surface area contributed by atoms with E-state index in [9.17, 15) is 9.18 Å². The highest BCUT2D eigenvalue weighted by Crippen LogP contribution is 2.26. The molecule has 1 atom stereocenters. The third-order valence-corrected chi connectivity index (χ3v) is 3.47. The summed E-state index contributed by atoms with van der Waals surface area (Å²) in [4.78, 5) is 11.2. The fourth-order valence-corrected chi connectivity index (χ4v) is 2.32. The molecule has 0 aliphatic heterocycles. The van der Waals surface area contributed by atoms with Crippen molar-refractivity contribution >= 4 is 23.2 Å². The second kappa shape index (κ2) is 6.59. The van der Waals surface area contributed by atoms with Gasteiger partial charge < -0.3 is 11.1 Å². The Hall–Kier alpha value is -2.07. The van der Waals surface area contributed by atoms with Crippen LogP contribution in [-0.4, -0.2) is 5.91 Å². The van der Waals surface area contributed by atoms with E-state index in [0.717, 1.165) is 12.0 Å². The third kappa shape index (κ3) is 3.73. The van der Waals surface area contributed by atoms with E-state index in [4.69, 9.17) is 17.3 Å². The molecule has 0 saturated heterocycles. The lowest BCUT2D eigenvalue weighted by atomic mass is 10.0. The normalized spacial score (nSPS) is 12.0. The molecule has 3 nitrogen and oxygen atoms in total. The highest BCUT2D eigenvalue weighted by atomic mass is 35.5. The molecule has 0 bridgehead atoms. The number of hydrogen-bond acceptors (Lipinski definition) is 2.